The summed E-state index contributed by atoms with van der Waals surface area (Å²) in [6.45, 7) is 9.37. The second-order valence-electron chi connectivity index (χ2n) is 6.14. The molecule has 0 bridgehead atoms. The smallest absolute Gasteiger partial charge is 0.239 e. The molecule has 0 saturated heterocycles. The molecule has 0 atom stereocenters. The Morgan fingerprint density at radius 1 is 1.23 bits per heavy atom. The average molecular weight is 326 g/mol. The quantitative estimate of drug-likeness (QED) is 0.874. The molecule has 5 nitrogen and oxygen atoms in total. The molecule has 1 amide bonds. The van der Waals surface area contributed by atoms with E-state index in [9.17, 15) is 13.2 Å². The fourth-order valence-electron chi connectivity index (χ4n) is 2.35. The van der Waals surface area contributed by atoms with E-state index in [0.717, 1.165) is 23.1 Å². The fourth-order valence-corrected chi connectivity index (χ4v) is 3.46. The molecule has 0 aliphatic heterocycles. The van der Waals surface area contributed by atoms with Gasteiger partial charge in [-0.3, -0.25) is 4.79 Å². The third kappa shape index (κ3) is 4.81. The van der Waals surface area contributed by atoms with E-state index in [1.807, 2.05) is 25.1 Å². The van der Waals surface area contributed by atoms with Crippen LogP contribution in [0.2, 0.25) is 0 Å². The number of hydrogen-bond donors (Lipinski definition) is 1. The summed E-state index contributed by atoms with van der Waals surface area (Å²) in [4.78, 5) is 12.3. The SMILES string of the molecule is Cc1cccc(C(C)C)c1NC(=O)CN(C(C)C)S(C)(=O)=O. The summed E-state index contributed by atoms with van der Waals surface area (Å²) < 4.78 is 24.7. The Kier molecular flexibility index (Phi) is 6.14. The lowest BCUT2D eigenvalue weighted by molar-refractivity contribution is -0.116. The van der Waals surface area contributed by atoms with Crippen LogP contribution in [0.15, 0.2) is 18.2 Å². The second-order valence-corrected chi connectivity index (χ2v) is 8.08. The number of benzene rings is 1. The van der Waals surface area contributed by atoms with Crippen LogP contribution in [-0.4, -0.2) is 37.5 Å². The van der Waals surface area contributed by atoms with E-state index in [0.29, 0.717) is 0 Å². The van der Waals surface area contributed by atoms with Gasteiger partial charge in [-0.1, -0.05) is 32.0 Å². The van der Waals surface area contributed by atoms with Crippen molar-refractivity contribution in [2.45, 2.75) is 46.6 Å². The highest BCUT2D eigenvalue weighted by Crippen LogP contribution is 2.27. The van der Waals surface area contributed by atoms with Crippen LogP contribution in [0.4, 0.5) is 5.69 Å². The minimum Gasteiger partial charge on any atom is -0.324 e. The summed E-state index contributed by atoms with van der Waals surface area (Å²) >= 11 is 0. The minimum absolute atomic E-state index is 0.178. The standard InChI is InChI=1S/C16H26N2O3S/c1-11(2)14-9-7-8-13(5)16(14)17-15(19)10-18(12(3)4)22(6,20)21/h7-9,11-12H,10H2,1-6H3,(H,17,19). The molecule has 1 aromatic rings. The number of aryl methyl sites for hydroxylation is 1. The maximum Gasteiger partial charge on any atom is 0.239 e. The number of anilines is 1. The molecule has 0 heterocycles. The Morgan fingerprint density at radius 2 is 1.82 bits per heavy atom. The first-order valence-electron chi connectivity index (χ1n) is 7.40. The summed E-state index contributed by atoms with van der Waals surface area (Å²) in [6.07, 6.45) is 1.12. The van der Waals surface area contributed by atoms with Crippen molar-refractivity contribution >= 4 is 21.6 Å². The number of rotatable bonds is 6. The summed E-state index contributed by atoms with van der Waals surface area (Å²) in [7, 11) is -3.42. The van der Waals surface area contributed by atoms with Gasteiger partial charge in [-0.25, -0.2) is 8.42 Å². The van der Waals surface area contributed by atoms with Crippen molar-refractivity contribution in [2.75, 3.05) is 18.1 Å². The number of amides is 1. The van der Waals surface area contributed by atoms with Crippen molar-refractivity contribution in [1.82, 2.24) is 4.31 Å². The Morgan fingerprint density at radius 3 is 2.27 bits per heavy atom. The second kappa shape index (κ2) is 7.24. The molecule has 0 spiro atoms. The van der Waals surface area contributed by atoms with Gasteiger partial charge in [0.2, 0.25) is 15.9 Å². The summed E-state index contributed by atoms with van der Waals surface area (Å²) in [6, 6.07) is 5.60. The molecular weight excluding hydrogens is 300 g/mol. The van der Waals surface area contributed by atoms with Crippen LogP contribution in [-0.2, 0) is 14.8 Å². The molecule has 6 heteroatoms. The molecule has 0 unspecified atom stereocenters. The van der Waals surface area contributed by atoms with Gasteiger partial charge in [-0.05, 0) is 37.8 Å². The van der Waals surface area contributed by atoms with Crippen LogP contribution in [0, 0.1) is 6.92 Å². The lowest BCUT2D eigenvalue weighted by atomic mass is 9.98. The van der Waals surface area contributed by atoms with Crippen molar-refractivity contribution < 1.29 is 13.2 Å². The van der Waals surface area contributed by atoms with E-state index < -0.39 is 10.0 Å². The van der Waals surface area contributed by atoms with Gasteiger partial charge in [-0.15, -0.1) is 0 Å². The van der Waals surface area contributed by atoms with E-state index in [1.54, 1.807) is 13.8 Å². The number of carbonyl (C=O) groups is 1. The number of hydrogen-bond acceptors (Lipinski definition) is 3. The normalized spacial score (nSPS) is 12.2. The number of nitrogens with zero attached hydrogens (tertiary/aromatic N) is 1. The average Bonchev–Trinajstić information content (AvgIpc) is 2.36. The van der Waals surface area contributed by atoms with Crippen molar-refractivity contribution in [2.24, 2.45) is 0 Å². The minimum atomic E-state index is -3.42. The highest BCUT2D eigenvalue weighted by Gasteiger charge is 2.23. The van der Waals surface area contributed by atoms with E-state index in [1.165, 1.54) is 4.31 Å². The molecule has 0 aliphatic rings. The molecule has 1 rings (SSSR count). The van der Waals surface area contributed by atoms with E-state index in [2.05, 4.69) is 19.2 Å². The van der Waals surface area contributed by atoms with Gasteiger partial charge < -0.3 is 5.32 Å². The Balaban J connectivity index is 2.99. The predicted molar refractivity (Wildman–Crippen MR) is 90.6 cm³/mol. The van der Waals surface area contributed by atoms with Gasteiger partial charge in [0.1, 0.15) is 0 Å². The Hall–Kier alpha value is -1.40. The van der Waals surface area contributed by atoms with Crippen molar-refractivity contribution in [3.05, 3.63) is 29.3 Å². The van der Waals surface area contributed by atoms with Gasteiger partial charge in [-0.2, -0.15) is 4.31 Å². The molecule has 0 aromatic heterocycles. The van der Waals surface area contributed by atoms with E-state index >= 15 is 0 Å². The third-order valence-electron chi connectivity index (χ3n) is 3.49. The molecule has 124 valence electrons. The fraction of sp³-hybridized carbons (Fsp3) is 0.562. The largest absolute Gasteiger partial charge is 0.324 e. The Labute approximate surface area is 133 Å². The van der Waals surface area contributed by atoms with Gasteiger partial charge in [0.25, 0.3) is 0 Å². The lowest BCUT2D eigenvalue weighted by Gasteiger charge is -2.24. The third-order valence-corrected chi connectivity index (χ3v) is 4.90. The molecule has 0 aliphatic carbocycles. The van der Waals surface area contributed by atoms with Crippen LogP contribution in [0.25, 0.3) is 0 Å². The van der Waals surface area contributed by atoms with Crippen molar-refractivity contribution in [3.63, 3.8) is 0 Å². The number of nitrogens with one attached hydrogen (secondary N) is 1. The molecule has 22 heavy (non-hydrogen) atoms. The molecule has 0 radical (unpaired) electrons. The van der Waals surface area contributed by atoms with Crippen LogP contribution >= 0.6 is 0 Å². The summed E-state index contributed by atoms with van der Waals surface area (Å²) in [5.74, 6) is -0.0540. The highest BCUT2D eigenvalue weighted by atomic mass is 32.2. The topological polar surface area (TPSA) is 66.5 Å². The van der Waals surface area contributed by atoms with Crippen molar-refractivity contribution in [3.8, 4) is 0 Å². The predicted octanol–water partition coefficient (Wildman–Crippen LogP) is 2.73. The number of carbonyl (C=O) groups excluding carboxylic acids is 1. The lowest BCUT2D eigenvalue weighted by Crippen LogP contribution is -2.41. The molecule has 1 N–H and O–H groups in total. The highest BCUT2D eigenvalue weighted by molar-refractivity contribution is 7.88. The first-order valence-corrected chi connectivity index (χ1v) is 9.25. The van der Waals surface area contributed by atoms with E-state index in [4.69, 9.17) is 0 Å². The zero-order chi connectivity index (χ0) is 17.1. The molecular formula is C16H26N2O3S. The monoisotopic (exact) mass is 326 g/mol. The summed E-state index contributed by atoms with van der Waals surface area (Å²) in [5, 5.41) is 2.87. The zero-order valence-corrected chi connectivity index (χ0v) is 15.0. The first-order chi connectivity index (χ1) is 10.0. The summed E-state index contributed by atoms with van der Waals surface area (Å²) in [5.41, 5.74) is 2.79. The van der Waals surface area contributed by atoms with Gasteiger partial charge in [0, 0.05) is 11.7 Å². The number of para-hydroxylation sites is 1. The molecule has 0 saturated carbocycles. The maximum atomic E-state index is 12.3. The Bertz CT molecular complexity index is 637. The van der Waals surface area contributed by atoms with E-state index in [-0.39, 0.29) is 24.4 Å². The number of sulfonamides is 1. The molecule has 1 aromatic carbocycles. The van der Waals surface area contributed by atoms with Crippen molar-refractivity contribution in [1.29, 1.82) is 0 Å². The van der Waals surface area contributed by atoms with Crippen LogP contribution in [0.3, 0.4) is 0 Å². The van der Waals surface area contributed by atoms with Gasteiger partial charge >= 0.3 is 0 Å². The van der Waals surface area contributed by atoms with Gasteiger partial charge in [0.05, 0.1) is 12.8 Å². The van der Waals surface area contributed by atoms with Gasteiger partial charge in [0.15, 0.2) is 0 Å². The van der Waals surface area contributed by atoms with Crippen LogP contribution in [0.5, 0.6) is 0 Å². The van der Waals surface area contributed by atoms with Crippen LogP contribution in [0.1, 0.15) is 44.7 Å². The maximum absolute atomic E-state index is 12.3. The first kappa shape index (κ1) is 18.6. The van der Waals surface area contributed by atoms with Crippen LogP contribution < -0.4 is 5.32 Å². The molecule has 0 fully saturated rings. The zero-order valence-electron chi connectivity index (χ0n) is 14.2.